The minimum atomic E-state index is -1.13. The topological polar surface area (TPSA) is 102 Å². The first-order valence-electron chi connectivity index (χ1n) is 17.4. The Hall–Kier alpha value is -2.19. The molecule has 0 radical (unpaired) electrons. The van der Waals surface area contributed by atoms with Crippen molar-refractivity contribution >= 4 is 17.9 Å². The van der Waals surface area contributed by atoms with E-state index >= 15 is 0 Å². The quantitative estimate of drug-likeness (QED) is 0.0373. The van der Waals surface area contributed by atoms with E-state index in [2.05, 4.69) is 38.2 Å². The van der Waals surface area contributed by atoms with Crippen LogP contribution in [0.4, 0.5) is 0 Å². The first-order chi connectivity index (χ1) is 21.1. The molecule has 0 aromatic carbocycles. The fourth-order valence-electron chi connectivity index (χ4n) is 4.87. The Morgan fingerprint density at radius 3 is 1.86 bits per heavy atom. The van der Waals surface area contributed by atoms with Crippen LogP contribution in [-0.2, 0) is 28.6 Å². The molecule has 0 saturated carbocycles. The molecule has 0 rings (SSSR count). The van der Waals surface area contributed by atoms with Crippen molar-refractivity contribution in [2.45, 2.75) is 148 Å². The van der Waals surface area contributed by atoms with Gasteiger partial charge in [0.25, 0.3) is 0 Å². The van der Waals surface area contributed by atoms with Gasteiger partial charge in [-0.3, -0.25) is 9.59 Å². The van der Waals surface area contributed by atoms with Crippen molar-refractivity contribution in [3.8, 4) is 0 Å². The molecule has 8 heteroatoms. The Balaban J connectivity index is 4.49. The lowest BCUT2D eigenvalue weighted by Gasteiger charge is -2.34. The summed E-state index contributed by atoms with van der Waals surface area (Å²) >= 11 is 0. The summed E-state index contributed by atoms with van der Waals surface area (Å²) in [6.07, 6.45) is 26.4. The smallest absolute Gasteiger partial charge is 0.306 e. The van der Waals surface area contributed by atoms with Crippen molar-refractivity contribution in [2.24, 2.45) is 0 Å². The highest BCUT2D eigenvalue weighted by molar-refractivity contribution is 5.70. The Bertz CT molecular complexity index is 788. The van der Waals surface area contributed by atoms with Crippen LogP contribution in [0.2, 0.25) is 0 Å². The summed E-state index contributed by atoms with van der Waals surface area (Å²) in [5, 5.41) is 11.5. The van der Waals surface area contributed by atoms with E-state index in [1.807, 2.05) is 0 Å². The van der Waals surface area contributed by atoms with Crippen LogP contribution in [0.15, 0.2) is 24.3 Å². The predicted molar refractivity (Wildman–Crippen MR) is 176 cm³/mol. The van der Waals surface area contributed by atoms with Crippen molar-refractivity contribution in [2.75, 3.05) is 41.0 Å². The second-order valence-electron chi connectivity index (χ2n) is 12.7. The van der Waals surface area contributed by atoms with E-state index in [-0.39, 0.29) is 42.7 Å². The lowest BCUT2D eigenvalue weighted by atomic mass is 10.1. The molecule has 0 aromatic heterocycles. The highest BCUT2D eigenvalue weighted by Gasteiger charge is 2.25. The molecular formula is C36H65NO7. The second kappa shape index (κ2) is 28.3. The van der Waals surface area contributed by atoms with E-state index in [9.17, 15) is 19.5 Å². The largest absolute Gasteiger partial charge is 0.544 e. The first kappa shape index (κ1) is 41.8. The SMILES string of the molecule is CC/C=C/C/C=C/CCCCCCCC(=O)OC(COCCC(C(=O)[O-])[N+](C)(C)C)COC(=O)CCCCCCCCCC. The number of carbonyl (C=O) groups is 3. The van der Waals surface area contributed by atoms with Crippen molar-refractivity contribution in [3.63, 3.8) is 0 Å². The van der Waals surface area contributed by atoms with Crippen LogP contribution in [0.3, 0.4) is 0 Å². The number of nitrogens with zero attached hydrogens (tertiary/aromatic N) is 1. The Labute approximate surface area is 269 Å². The summed E-state index contributed by atoms with van der Waals surface area (Å²) in [6.45, 7) is 4.48. The summed E-state index contributed by atoms with van der Waals surface area (Å²) in [7, 11) is 5.38. The number of quaternary nitrogens is 1. The van der Waals surface area contributed by atoms with Gasteiger partial charge in [-0.25, -0.2) is 0 Å². The number of carbonyl (C=O) groups excluding carboxylic acids is 3. The van der Waals surface area contributed by atoms with Gasteiger partial charge < -0.3 is 28.6 Å². The maximum Gasteiger partial charge on any atom is 0.306 e. The minimum Gasteiger partial charge on any atom is -0.544 e. The van der Waals surface area contributed by atoms with Crippen LogP contribution in [0.25, 0.3) is 0 Å². The molecule has 0 heterocycles. The van der Waals surface area contributed by atoms with E-state index in [0.717, 1.165) is 70.6 Å². The number of ether oxygens (including phenoxy) is 3. The van der Waals surface area contributed by atoms with Gasteiger partial charge in [0.15, 0.2) is 6.10 Å². The number of carboxylic acid groups (broad SMARTS) is 1. The number of aliphatic carboxylic acids is 1. The van der Waals surface area contributed by atoms with Gasteiger partial charge in [0.05, 0.1) is 40.3 Å². The Kier molecular flexibility index (Phi) is 26.9. The van der Waals surface area contributed by atoms with Crippen molar-refractivity contribution in [3.05, 3.63) is 24.3 Å². The molecule has 0 amide bonds. The van der Waals surface area contributed by atoms with E-state index in [4.69, 9.17) is 14.2 Å². The third-order valence-electron chi connectivity index (χ3n) is 7.60. The van der Waals surface area contributed by atoms with Crippen LogP contribution in [-0.4, -0.2) is 75.5 Å². The standard InChI is InChI=1S/C36H65NO7/c1-6-8-10-12-14-16-17-18-19-21-23-25-27-35(39)44-32(30-42-29-28-33(36(40)41)37(3,4)5)31-43-34(38)26-24-22-20-15-13-11-9-7-2/h8,10,14,16,32-33H,6-7,9,11-13,15,17-31H2,1-5H3/b10-8+,16-14+. The highest BCUT2D eigenvalue weighted by atomic mass is 16.6. The third-order valence-corrected chi connectivity index (χ3v) is 7.60. The number of esters is 2. The number of hydrogen-bond donors (Lipinski definition) is 0. The number of allylic oxidation sites excluding steroid dienone is 4. The van der Waals surface area contributed by atoms with E-state index < -0.39 is 18.1 Å². The maximum atomic E-state index is 12.6. The number of unbranched alkanes of at least 4 members (excludes halogenated alkanes) is 12. The molecule has 0 aliphatic rings. The molecular weight excluding hydrogens is 558 g/mol. The number of hydrogen-bond acceptors (Lipinski definition) is 7. The first-order valence-corrected chi connectivity index (χ1v) is 17.4. The van der Waals surface area contributed by atoms with Gasteiger partial charge in [0.2, 0.25) is 0 Å². The third kappa shape index (κ3) is 26.2. The predicted octanol–water partition coefficient (Wildman–Crippen LogP) is 6.85. The van der Waals surface area contributed by atoms with Gasteiger partial charge in [-0.2, -0.15) is 0 Å². The fraction of sp³-hybridized carbons (Fsp3) is 0.806. The average Bonchev–Trinajstić information content (AvgIpc) is 2.96. The lowest BCUT2D eigenvalue weighted by molar-refractivity contribution is -0.889. The number of likely N-dealkylation sites (N-methyl/N-ethyl adjacent to an activating group) is 1. The summed E-state index contributed by atoms with van der Waals surface area (Å²) in [5.41, 5.74) is 0. The zero-order chi connectivity index (χ0) is 32.9. The molecule has 0 spiro atoms. The molecule has 2 atom stereocenters. The summed E-state index contributed by atoms with van der Waals surface area (Å²) in [4.78, 5) is 36.4. The van der Waals surface area contributed by atoms with Gasteiger partial charge in [0.1, 0.15) is 12.6 Å². The van der Waals surface area contributed by atoms with Crippen LogP contribution < -0.4 is 5.11 Å². The molecule has 0 bridgehead atoms. The molecule has 0 fully saturated rings. The monoisotopic (exact) mass is 623 g/mol. The van der Waals surface area contributed by atoms with Crippen molar-refractivity contribution < 1.29 is 38.2 Å². The highest BCUT2D eigenvalue weighted by Crippen LogP contribution is 2.12. The Morgan fingerprint density at radius 1 is 0.705 bits per heavy atom. The minimum absolute atomic E-state index is 0.0371. The lowest BCUT2D eigenvalue weighted by Crippen LogP contribution is -2.55. The molecule has 0 aliphatic carbocycles. The maximum absolute atomic E-state index is 12.6. The molecule has 0 aromatic rings. The molecule has 8 nitrogen and oxygen atoms in total. The van der Waals surface area contributed by atoms with Crippen LogP contribution in [0.5, 0.6) is 0 Å². The van der Waals surface area contributed by atoms with Crippen LogP contribution in [0.1, 0.15) is 136 Å². The van der Waals surface area contributed by atoms with Gasteiger partial charge in [-0.1, -0.05) is 102 Å². The number of rotatable bonds is 30. The van der Waals surface area contributed by atoms with E-state index in [1.165, 1.54) is 32.1 Å². The van der Waals surface area contributed by atoms with Crippen molar-refractivity contribution in [1.29, 1.82) is 0 Å². The molecule has 44 heavy (non-hydrogen) atoms. The van der Waals surface area contributed by atoms with Gasteiger partial charge in [0, 0.05) is 19.3 Å². The van der Waals surface area contributed by atoms with Gasteiger partial charge in [-0.05, 0) is 38.5 Å². The fourth-order valence-corrected chi connectivity index (χ4v) is 4.87. The van der Waals surface area contributed by atoms with Crippen LogP contribution in [0, 0.1) is 0 Å². The average molecular weight is 624 g/mol. The zero-order valence-corrected chi connectivity index (χ0v) is 28.8. The molecule has 0 aliphatic heterocycles. The van der Waals surface area contributed by atoms with E-state index in [0.29, 0.717) is 12.8 Å². The summed E-state index contributed by atoms with van der Waals surface area (Å²) in [6, 6.07) is -0.723. The normalized spacial score (nSPS) is 13.4. The number of carboxylic acids is 1. The van der Waals surface area contributed by atoms with E-state index in [1.54, 1.807) is 21.1 Å². The molecule has 256 valence electrons. The van der Waals surface area contributed by atoms with Gasteiger partial charge in [-0.15, -0.1) is 0 Å². The van der Waals surface area contributed by atoms with Crippen molar-refractivity contribution in [1.82, 2.24) is 0 Å². The molecule has 0 N–H and O–H groups in total. The summed E-state index contributed by atoms with van der Waals surface area (Å²) < 4.78 is 17.0. The zero-order valence-electron chi connectivity index (χ0n) is 28.8. The summed E-state index contributed by atoms with van der Waals surface area (Å²) in [5.74, 6) is -1.76. The van der Waals surface area contributed by atoms with Crippen LogP contribution >= 0.6 is 0 Å². The Morgan fingerprint density at radius 2 is 1.27 bits per heavy atom. The molecule has 2 unspecified atom stereocenters. The molecule has 0 saturated heterocycles. The van der Waals surface area contributed by atoms with Gasteiger partial charge >= 0.3 is 11.9 Å². The second-order valence-corrected chi connectivity index (χ2v) is 12.7.